The van der Waals surface area contributed by atoms with Gasteiger partial charge in [-0.25, -0.2) is 13.6 Å². The van der Waals surface area contributed by atoms with Crippen LogP contribution in [0.1, 0.15) is 26.2 Å². The Morgan fingerprint density at radius 2 is 1.94 bits per heavy atom. The lowest BCUT2D eigenvalue weighted by molar-refractivity contribution is -0.141. The van der Waals surface area contributed by atoms with Gasteiger partial charge in [0.25, 0.3) is 5.92 Å². The van der Waals surface area contributed by atoms with Gasteiger partial charge in [-0.2, -0.15) is 0 Å². The Kier molecular flexibility index (Phi) is 4.86. The first-order valence-electron chi connectivity index (χ1n) is 5.99. The third kappa shape index (κ3) is 4.12. The molecule has 2 N–H and O–H groups in total. The lowest BCUT2D eigenvalue weighted by Crippen LogP contribution is -2.48. The molecule has 0 radical (unpaired) electrons. The Bertz CT molecular complexity index is 313. The van der Waals surface area contributed by atoms with Crippen molar-refractivity contribution >= 4 is 12.0 Å². The van der Waals surface area contributed by atoms with Crippen LogP contribution in [0.4, 0.5) is 13.6 Å². The van der Waals surface area contributed by atoms with Crippen molar-refractivity contribution in [2.45, 2.75) is 32.1 Å². The molecule has 2 amide bonds. The van der Waals surface area contributed by atoms with E-state index in [0.29, 0.717) is 6.42 Å². The largest absolute Gasteiger partial charge is 0.481 e. The SMILES string of the molecule is CCC(CNC(=O)N1CCC(F)(F)CC1)C(=O)O. The first-order valence-corrected chi connectivity index (χ1v) is 5.99. The fourth-order valence-electron chi connectivity index (χ4n) is 1.77. The van der Waals surface area contributed by atoms with Gasteiger partial charge in [0.2, 0.25) is 0 Å². The maximum atomic E-state index is 12.9. The van der Waals surface area contributed by atoms with Gasteiger partial charge < -0.3 is 15.3 Å². The molecule has 7 heteroatoms. The average molecular weight is 264 g/mol. The molecule has 0 aliphatic carbocycles. The van der Waals surface area contributed by atoms with Crippen LogP contribution < -0.4 is 5.32 Å². The molecular formula is C11H18F2N2O3. The van der Waals surface area contributed by atoms with E-state index >= 15 is 0 Å². The number of hydrogen-bond acceptors (Lipinski definition) is 2. The number of hydrogen-bond donors (Lipinski definition) is 2. The highest BCUT2D eigenvalue weighted by atomic mass is 19.3. The molecule has 0 spiro atoms. The third-order valence-electron chi connectivity index (χ3n) is 3.12. The summed E-state index contributed by atoms with van der Waals surface area (Å²) in [6.07, 6.45) is -0.263. The number of carboxylic acid groups (broad SMARTS) is 1. The first-order chi connectivity index (χ1) is 8.35. The van der Waals surface area contributed by atoms with Crippen LogP contribution in [0.15, 0.2) is 0 Å². The van der Waals surface area contributed by atoms with Crippen molar-refractivity contribution in [1.82, 2.24) is 10.2 Å². The quantitative estimate of drug-likeness (QED) is 0.809. The summed E-state index contributed by atoms with van der Waals surface area (Å²) >= 11 is 0. The van der Waals surface area contributed by atoms with Crippen molar-refractivity contribution in [3.05, 3.63) is 0 Å². The van der Waals surface area contributed by atoms with Crippen molar-refractivity contribution in [3.8, 4) is 0 Å². The predicted octanol–water partition coefficient (Wildman–Crippen LogP) is 1.54. The van der Waals surface area contributed by atoms with Gasteiger partial charge in [0.1, 0.15) is 0 Å². The summed E-state index contributed by atoms with van der Waals surface area (Å²) in [5.41, 5.74) is 0. The van der Waals surface area contributed by atoms with Gasteiger partial charge in [-0.3, -0.25) is 4.79 Å². The van der Waals surface area contributed by atoms with E-state index in [4.69, 9.17) is 5.11 Å². The molecule has 18 heavy (non-hydrogen) atoms. The molecule has 1 saturated heterocycles. The normalized spacial score (nSPS) is 20.3. The van der Waals surface area contributed by atoms with Gasteiger partial charge in [-0.05, 0) is 6.42 Å². The van der Waals surface area contributed by atoms with Gasteiger partial charge >= 0.3 is 12.0 Å². The van der Waals surface area contributed by atoms with Gasteiger partial charge in [-0.15, -0.1) is 0 Å². The van der Waals surface area contributed by atoms with E-state index < -0.39 is 23.8 Å². The van der Waals surface area contributed by atoms with Gasteiger partial charge in [0.05, 0.1) is 5.92 Å². The molecule has 0 saturated carbocycles. The zero-order valence-corrected chi connectivity index (χ0v) is 10.3. The fraction of sp³-hybridized carbons (Fsp3) is 0.818. The molecule has 0 bridgehead atoms. The number of nitrogens with zero attached hydrogens (tertiary/aromatic N) is 1. The summed E-state index contributed by atoms with van der Waals surface area (Å²) in [7, 11) is 0. The van der Waals surface area contributed by atoms with Crippen LogP contribution in [-0.4, -0.2) is 47.6 Å². The van der Waals surface area contributed by atoms with Crippen molar-refractivity contribution in [3.63, 3.8) is 0 Å². The highest BCUT2D eigenvalue weighted by Crippen LogP contribution is 2.27. The molecule has 0 aromatic heterocycles. The van der Waals surface area contributed by atoms with Gasteiger partial charge in [-0.1, -0.05) is 6.92 Å². The zero-order valence-electron chi connectivity index (χ0n) is 10.3. The number of amides is 2. The molecule has 1 heterocycles. The fourth-order valence-corrected chi connectivity index (χ4v) is 1.77. The number of carbonyl (C=O) groups is 2. The molecule has 1 unspecified atom stereocenters. The Labute approximate surface area is 104 Å². The average Bonchev–Trinajstić information content (AvgIpc) is 2.29. The minimum absolute atomic E-state index is 0.00268. The number of urea groups is 1. The number of aliphatic carboxylic acids is 1. The third-order valence-corrected chi connectivity index (χ3v) is 3.12. The van der Waals surface area contributed by atoms with E-state index in [2.05, 4.69) is 5.32 Å². The molecule has 1 fully saturated rings. The van der Waals surface area contributed by atoms with E-state index in [1.54, 1.807) is 6.92 Å². The summed E-state index contributed by atoms with van der Waals surface area (Å²) in [6, 6.07) is -0.467. The van der Waals surface area contributed by atoms with E-state index in [9.17, 15) is 18.4 Å². The second-order valence-electron chi connectivity index (χ2n) is 4.47. The van der Waals surface area contributed by atoms with Crippen LogP contribution >= 0.6 is 0 Å². The van der Waals surface area contributed by atoms with E-state index in [1.807, 2.05) is 0 Å². The Hall–Kier alpha value is -1.40. The molecule has 1 rings (SSSR count). The van der Waals surface area contributed by atoms with Crippen molar-refractivity contribution in [2.24, 2.45) is 5.92 Å². The molecule has 1 aliphatic rings. The number of alkyl halides is 2. The number of halogens is 2. The number of carbonyl (C=O) groups excluding carboxylic acids is 1. The predicted molar refractivity (Wildman–Crippen MR) is 60.6 cm³/mol. The van der Waals surface area contributed by atoms with Crippen molar-refractivity contribution in [1.29, 1.82) is 0 Å². The second kappa shape index (κ2) is 5.97. The van der Waals surface area contributed by atoms with Crippen LogP contribution in [0.3, 0.4) is 0 Å². The molecule has 0 aromatic rings. The van der Waals surface area contributed by atoms with Crippen molar-refractivity contribution < 1.29 is 23.5 Å². The molecule has 104 valence electrons. The summed E-state index contributed by atoms with van der Waals surface area (Å²) < 4.78 is 25.8. The van der Waals surface area contributed by atoms with Crippen LogP contribution in [0.2, 0.25) is 0 Å². The topological polar surface area (TPSA) is 69.6 Å². The van der Waals surface area contributed by atoms with Gasteiger partial charge in [0.15, 0.2) is 0 Å². The Balaban J connectivity index is 2.36. The zero-order chi connectivity index (χ0) is 13.8. The minimum atomic E-state index is -2.69. The summed E-state index contributed by atoms with van der Waals surface area (Å²) in [5.74, 6) is -4.30. The van der Waals surface area contributed by atoms with Gasteiger partial charge in [0, 0.05) is 32.5 Å². The molecule has 1 aliphatic heterocycles. The van der Waals surface area contributed by atoms with Crippen LogP contribution in [0, 0.1) is 5.92 Å². The highest BCUT2D eigenvalue weighted by Gasteiger charge is 2.35. The van der Waals surface area contributed by atoms with Crippen molar-refractivity contribution in [2.75, 3.05) is 19.6 Å². The number of carboxylic acids is 1. The van der Waals surface area contributed by atoms with E-state index in [0.717, 1.165) is 0 Å². The number of rotatable bonds is 4. The van der Waals surface area contributed by atoms with Crippen LogP contribution in [0.5, 0.6) is 0 Å². The first kappa shape index (κ1) is 14.7. The number of nitrogens with one attached hydrogen (secondary N) is 1. The smallest absolute Gasteiger partial charge is 0.317 e. The number of piperidine rings is 1. The second-order valence-corrected chi connectivity index (χ2v) is 4.47. The lowest BCUT2D eigenvalue weighted by Gasteiger charge is -2.31. The van der Waals surface area contributed by atoms with E-state index in [1.165, 1.54) is 4.90 Å². The summed E-state index contributed by atoms with van der Waals surface area (Å²) in [6.45, 7) is 1.75. The molecule has 5 nitrogen and oxygen atoms in total. The maximum absolute atomic E-state index is 12.9. The van der Waals surface area contributed by atoms with Crippen LogP contribution in [0.25, 0.3) is 0 Å². The molecule has 0 aromatic carbocycles. The summed E-state index contributed by atoms with van der Waals surface area (Å²) in [4.78, 5) is 23.7. The minimum Gasteiger partial charge on any atom is -0.481 e. The van der Waals surface area contributed by atoms with Crippen LogP contribution in [-0.2, 0) is 4.79 Å². The Morgan fingerprint density at radius 1 is 1.39 bits per heavy atom. The molecule has 1 atom stereocenters. The number of likely N-dealkylation sites (tertiary alicyclic amines) is 1. The maximum Gasteiger partial charge on any atom is 0.317 e. The molecular weight excluding hydrogens is 246 g/mol. The summed E-state index contributed by atoms with van der Waals surface area (Å²) in [5, 5.41) is 11.3. The highest BCUT2D eigenvalue weighted by molar-refractivity contribution is 5.76. The Morgan fingerprint density at radius 3 is 2.39 bits per heavy atom. The standard InChI is InChI=1S/C11H18F2N2O3/c1-2-8(9(16)17)7-14-10(18)15-5-3-11(12,13)4-6-15/h8H,2-7H2,1H3,(H,14,18)(H,16,17). The lowest BCUT2D eigenvalue weighted by atomic mass is 10.1. The van der Waals surface area contributed by atoms with E-state index in [-0.39, 0.29) is 32.5 Å². The monoisotopic (exact) mass is 264 g/mol.